The fraction of sp³-hybridized carbons (Fsp3) is 0.692. The van der Waals surface area contributed by atoms with E-state index in [2.05, 4.69) is 68.2 Å². The first-order valence-corrected chi connectivity index (χ1v) is 17.8. The molecule has 6 aliphatic rings. The summed E-state index contributed by atoms with van der Waals surface area (Å²) in [6, 6.07) is 10.8. The van der Waals surface area contributed by atoms with E-state index in [1.165, 1.54) is 30.4 Å². The number of hydrogen-bond donors (Lipinski definition) is 1. The number of carbonyl (C=O) groups excluding carboxylic acids is 2. The van der Waals surface area contributed by atoms with Crippen LogP contribution < -0.4 is 5.32 Å². The number of nitrogens with zero attached hydrogens (tertiary/aromatic N) is 1. The first-order valence-electron chi connectivity index (χ1n) is 17.8. The molecule has 2 heterocycles. The van der Waals surface area contributed by atoms with Gasteiger partial charge in [0.2, 0.25) is 5.91 Å². The molecule has 0 bridgehead atoms. The Morgan fingerprint density at radius 1 is 1.11 bits per heavy atom. The van der Waals surface area contributed by atoms with E-state index in [-0.39, 0.29) is 23.0 Å². The zero-order valence-corrected chi connectivity index (χ0v) is 27.6. The molecular formula is C39H54N2O3. The number of rotatable bonds is 6. The van der Waals surface area contributed by atoms with Crippen LogP contribution in [-0.4, -0.2) is 54.0 Å². The summed E-state index contributed by atoms with van der Waals surface area (Å²) in [5.74, 6) is 3.53. The molecule has 2 unspecified atom stereocenters. The van der Waals surface area contributed by atoms with Crippen LogP contribution in [0.1, 0.15) is 97.5 Å². The van der Waals surface area contributed by atoms with Crippen LogP contribution in [0.4, 0.5) is 0 Å². The number of ether oxygens (including phenoxy) is 1. The summed E-state index contributed by atoms with van der Waals surface area (Å²) in [6.45, 7) is 11.8. The number of nitrogens with one attached hydrogen (secondary N) is 1. The van der Waals surface area contributed by atoms with Gasteiger partial charge in [-0.25, -0.2) is 0 Å². The molecule has 238 valence electrons. The van der Waals surface area contributed by atoms with Crippen LogP contribution in [0.15, 0.2) is 53.1 Å². The highest BCUT2D eigenvalue weighted by atomic mass is 16.5. The normalized spacial score (nSPS) is 40.1. The molecule has 1 amide bonds. The zero-order chi connectivity index (χ0) is 30.6. The summed E-state index contributed by atoms with van der Waals surface area (Å²) < 4.78 is 7.25. The summed E-state index contributed by atoms with van der Waals surface area (Å²) in [5.41, 5.74) is 6.19. The van der Waals surface area contributed by atoms with Crippen LogP contribution in [0.5, 0.6) is 0 Å². The highest BCUT2D eigenvalue weighted by Crippen LogP contribution is 2.64. The second kappa shape index (κ2) is 11.8. The van der Waals surface area contributed by atoms with Gasteiger partial charge in [0.05, 0.1) is 18.2 Å². The van der Waals surface area contributed by atoms with Gasteiger partial charge >= 0.3 is 0 Å². The number of likely N-dealkylation sites (tertiary alicyclic amines) is 1. The van der Waals surface area contributed by atoms with Crippen LogP contribution in [0.25, 0.3) is 0 Å². The Labute approximate surface area is 265 Å². The quantitative estimate of drug-likeness (QED) is 0.281. The number of benzene rings is 1. The molecule has 1 spiro atoms. The molecule has 1 N–H and O–H groups in total. The molecule has 2 saturated heterocycles. The lowest BCUT2D eigenvalue weighted by molar-refractivity contribution is -0.124. The number of amides is 1. The van der Waals surface area contributed by atoms with Crippen molar-refractivity contribution in [1.29, 1.82) is 0 Å². The summed E-state index contributed by atoms with van der Waals surface area (Å²) in [7, 11) is 0. The first-order chi connectivity index (χ1) is 21.2. The van der Waals surface area contributed by atoms with Crippen molar-refractivity contribution in [2.75, 3.05) is 19.6 Å². The average Bonchev–Trinajstić information content (AvgIpc) is 3.46. The first kappa shape index (κ1) is 30.4. The fourth-order valence-electron chi connectivity index (χ4n) is 11.1. The van der Waals surface area contributed by atoms with Gasteiger partial charge in [-0.05, 0) is 112 Å². The Morgan fingerprint density at radius 2 is 1.93 bits per heavy atom. The number of hydrogen-bond acceptors (Lipinski definition) is 4. The number of ketones is 1. The molecule has 4 aliphatic carbocycles. The molecule has 2 aliphatic heterocycles. The van der Waals surface area contributed by atoms with E-state index in [9.17, 15) is 9.59 Å². The van der Waals surface area contributed by atoms with Crippen molar-refractivity contribution in [3.8, 4) is 0 Å². The average molecular weight is 599 g/mol. The smallest absolute Gasteiger partial charge is 0.234 e. The minimum Gasteiger partial charge on any atom is -0.369 e. The van der Waals surface area contributed by atoms with Gasteiger partial charge in [-0.15, -0.1) is 0 Å². The van der Waals surface area contributed by atoms with Crippen LogP contribution >= 0.6 is 0 Å². The molecule has 7 rings (SSSR count). The number of allylic oxidation sites excluding steroid dienone is 3. The monoisotopic (exact) mass is 598 g/mol. The standard InChI is InChI=1S/C39H54N2O3/c1-25-19-35-37(41(23-25)24-36(43)40-18-8-11-28-9-6-5-7-10-28)27(3)39(44-35)17-15-31-32-13-12-29-20-30(42)14-16-38(29,4)34(32)21-33(31)26(2)22-39/h5-7,9-10,20,25,27,31-32,34-35,37H,8,11-19,21-24H2,1-4H3,(H,40,43)/t25-,27+,31-,32-,34-,35?,37-,38-,39?/m0/s1. The van der Waals surface area contributed by atoms with Gasteiger partial charge in [-0.2, -0.15) is 0 Å². The van der Waals surface area contributed by atoms with Gasteiger partial charge in [0.1, 0.15) is 0 Å². The zero-order valence-electron chi connectivity index (χ0n) is 27.6. The molecule has 44 heavy (non-hydrogen) atoms. The highest BCUT2D eigenvalue weighted by molar-refractivity contribution is 5.91. The van der Waals surface area contributed by atoms with Crippen molar-refractivity contribution in [2.24, 2.45) is 35.0 Å². The maximum absolute atomic E-state index is 13.2. The lowest BCUT2D eigenvalue weighted by Gasteiger charge is -2.48. The van der Waals surface area contributed by atoms with Gasteiger partial charge in [-0.3, -0.25) is 14.5 Å². The molecule has 1 aromatic carbocycles. The molecule has 9 atom stereocenters. The maximum atomic E-state index is 13.2. The van der Waals surface area contributed by atoms with Crippen molar-refractivity contribution >= 4 is 11.7 Å². The van der Waals surface area contributed by atoms with Gasteiger partial charge < -0.3 is 10.1 Å². The molecule has 4 fully saturated rings. The van der Waals surface area contributed by atoms with Gasteiger partial charge in [0.15, 0.2) is 5.78 Å². The molecule has 5 heteroatoms. The van der Waals surface area contributed by atoms with Crippen molar-refractivity contribution in [1.82, 2.24) is 10.2 Å². The van der Waals surface area contributed by atoms with Crippen LogP contribution in [-0.2, 0) is 20.7 Å². The van der Waals surface area contributed by atoms with E-state index in [1.54, 1.807) is 11.1 Å². The van der Waals surface area contributed by atoms with Gasteiger partial charge in [-0.1, -0.05) is 67.8 Å². The molecule has 1 aromatic rings. The maximum Gasteiger partial charge on any atom is 0.234 e. The van der Waals surface area contributed by atoms with Gasteiger partial charge in [0, 0.05) is 31.5 Å². The Kier molecular flexibility index (Phi) is 8.19. The van der Waals surface area contributed by atoms with E-state index in [0.29, 0.717) is 42.0 Å². The minimum absolute atomic E-state index is 0.123. The number of aryl methyl sites for hydroxylation is 1. The second-order valence-electron chi connectivity index (χ2n) is 15.9. The fourth-order valence-corrected chi connectivity index (χ4v) is 11.1. The molecule has 0 aromatic heterocycles. The summed E-state index contributed by atoms with van der Waals surface area (Å²) >= 11 is 0. The number of fused-ring (bicyclic) bond motifs is 6. The minimum atomic E-state index is -0.123. The van der Waals surface area contributed by atoms with E-state index in [1.807, 2.05) is 6.08 Å². The van der Waals surface area contributed by atoms with Crippen LogP contribution in [0.3, 0.4) is 0 Å². The lowest BCUT2D eigenvalue weighted by Crippen LogP contribution is -2.54. The Hall–Kier alpha value is -2.24. The SMILES string of the molecule is CC1=C2C[C@H]3[C@@H](CCC4=CC(=O)CC[C@@]43C)[C@@H]2CCC2(C1)OC1C[C@H](C)CN(CC(=O)NCCCc3ccccc3)[C@H]1[C@H]2C. The Balaban J connectivity index is 1.03. The Morgan fingerprint density at radius 3 is 2.75 bits per heavy atom. The third-order valence-electron chi connectivity index (χ3n) is 13.3. The summed E-state index contributed by atoms with van der Waals surface area (Å²) in [4.78, 5) is 27.9. The summed E-state index contributed by atoms with van der Waals surface area (Å²) in [6.07, 6.45) is 14.0. The summed E-state index contributed by atoms with van der Waals surface area (Å²) in [5, 5.41) is 3.22. The molecule has 2 saturated carbocycles. The van der Waals surface area contributed by atoms with Crippen molar-refractivity contribution in [2.45, 2.75) is 116 Å². The topological polar surface area (TPSA) is 58.6 Å². The van der Waals surface area contributed by atoms with E-state index in [0.717, 1.165) is 70.4 Å². The van der Waals surface area contributed by atoms with E-state index >= 15 is 0 Å². The predicted molar refractivity (Wildman–Crippen MR) is 175 cm³/mol. The third kappa shape index (κ3) is 5.34. The van der Waals surface area contributed by atoms with Gasteiger partial charge in [0.25, 0.3) is 0 Å². The van der Waals surface area contributed by atoms with Crippen molar-refractivity contribution in [3.63, 3.8) is 0 Å². The second-order valence-corrected chi connectivity index (χ2v) is 15.9. The van der Waals surface area contributed by atoms with Crippen molar-refractivity contribution < 1.29 is 14.3 Å². The molecule has 0 radical (unpaired) electrons. The van der Waals surface area contributed by atoms with Crippen molar-refractivity contribution in [3.05, 3.63) is 58.7 Å². The third-order valence-corrected chi connectivity index (χ3v) is 13.3. The van der Waals surface area contributed by atoms with E-state index in [4.69, 9.17) is 4.74 Å². The highest BCUT2D eigenvalue weighted by Gasteiger charge is 2.59. The molecular weight excluding hydrogens is 544 g/mol. The number of carbonyl (C=O) groups is 2. The van der Waals surface area contributed by atoms with Crippen LogP contribution in [0, 0.1) is 35.0 Å². The lowest BCUT2D eigenvalue weighted by atomic mass is 9.56. The van der Waals surface area contributed by atoms with Crippen LogP contribution in [0.2, 0.25) is 0 Å². The Bertz CT molecular complexity index is 1330. The predicted octanol–water partition coefficient (Wildman–Crippen LogP) is 7.06. The largest absolute Gasteiger partial charge is 0.369 e. The molecule has 5 nitrogen and oxygen atoms in total. The van der Waals surface area contributed by atoms with E-state index < -0.39 is 0 Å². The number of piperidine rings is 1.